The molecule has 0 bridgehead atoms. The number of thiophene rings is 1. The van der Waals surface area contributed by atoms with Crippen LogP contribution in [0.2, 0.25) is 0 Å². The summed E-state index contributed by atoms with van der Waals surface area (Å²) in [5.41, 5.74) is -0.225. The van der Waals surface area contributed by atoms with Crippen LogP contribution in [0.15, 0.2) is 12.1 Å². The van der Waals surface area contributed by atoms with Gasteiger partial charge in [-0.2, -0.15) is 0 Å². The van der Waals surface area contributed by atoms with Gasteiger partial charge in [0.05, 0.1) is 16.1 Å². The van der Waals surface area contributed by atoms with Crippen molar-refractivity contribution in [3.63, 3.8) is 0 Å². The molecule has 110 valence electrons. The molecule has 1 aliphatic heterocycles. The van der Waals surface area contributed by atoms with Gasteiger partial charge in [-0.25, -0.2) is 0 Å². The lowest BCUT2D eigenvalue weighted by atomic mass is 9.99. The summed E-state index contributed by atoms with van der Waals surface area (Å²) in [4.78, 5) is 4.76. The first-order valence-electron chi connectivity index (χ1n) is 6.91. The van der Waals surface area contributed by atoms with Gasteiger partial charge in [-0.3, -0.25) is 4.90 Å². The minimum Gasteiger partial charge on any atom is -0.384 e. The first-order chi connectivity index (χ1) is 9.30. The number of morpholine rings is 1. The molecule has 1 aromatic rings. The van der Waals surface area contributed by atoms with Crippen molar-refractivity contribution < 1.29 is 9.84 Å². The molecule has 0 aromatic carbocycles. The van der Waals surface area contributed by atoms with E-state index in [0.717, 1.165) is 24.5 Å². The van der Waals surface area contributed by atoms with E-state index in [1.165, 1.54) is 4.88 Å². The fourth-order valence-corrected chi connectivity index (χ4v) is 3.86. The molecule has 0 spiro atoms. The Labute approximate surface area is 125 Å². The minimum absolute atomic E-state index is 0.0842. The molecule has 1 fully saturated rings. The fraction of sp³-hybridized carbons (Fsp3) is 0.625. The van der Waals surface area contributed by atoms with E-state index >= 15 is 0 Å². The SMILES string of the molecule is CC1(C)CN(Cc2ccc(C#CCO)s2)CC(C)(C)O1. The van der Waals surface area contributed by atoms with Crippen LogP contribution in [0.4, 0.5) is 0 Å². The van der Waals surface area contributed by atoms with Crippen molar-refractivity contribution in [2.24, 2.45) is 0 Å². The molecule has 2 heterocycles. The Balaban J connectivity index is 2.04. The van der Waals surface area contributed by atoms with E-state index < -0.39 is 0 Å². The van der Waals surface area contributed by atoms with Gasteiger partial charge in [-0.05, 0) is 39.8 Å². The zero-order valence-corrected chi connectivity index (χ0v) is 13.5. The normalized spacial score (nSPS) is 21.2. The number of aliphatic hydroxyl groups is 1. The van der Waals surface area contributed by atoms with Crippen molar-refractivity contribution in [1.29, 1.82) is 0 Å². The molecule has 1 saturated heterocycles. The van der Waals surface area contributed by atoms with Gasteiger partial charge in [0.25, 0.3) is 0 Å². The van der Waals surface area contributed by atoms with Crippen molar-refractivity contribution in [2.75, 3.05) is 19.7 Å². The second kappa shape index (κ2) is 5.87. The van der Waals surface area contributed by atoms with E-state index in [1.807, 2.05) is 6.07 Å². The summed E-state index contributed by atoms with van der Waals surface area (Å²) in [6.07, 6.45) is 0. The topological polar surface area (TPSA) is 32.7 Å². The van der Waals surface area contributed by atoms with E-state index in [2.05, 4.69) is 50.5 Å². The zero-order valence-electron chi connectivity index (χ0n) is 12.7. The van der Waals surface area contributed by atoms with Crippen LogP contribution in [-0.2, 0) is 11.3 Å². The largest absolute Gasteiger partial charge is 0.384 e. The highest BCUT2D eigenvalue weighted by atomic mass is 32.1. The Morgan fingerprint density at radius 3 is 2.50 bits per heavy atom. The number of ether oxygens (including phenoxy) is 1. The van der Waals surface area contributed by atoms with Crippen LogP contribution in [0.5, 0.6) is 0 Å². The molecule has 0 amide bonds. The third-order valence-corrected chi connectivity index (χ3v) is 4.08. The predicted octanol–water partition coefficient (Wildman–Crippen LogP) is 2.48. The monoisotopic (exact) mass is 293 g/mol. The smallest absolute Gasteiger partial charge is 0.104 e. The predicted molar refractivity (Wildman–Crippen MR) is 82.8 cm³/mol. The van der Waals surface area contributed by atoms with Gasteiger partial charge in [0.1, 0.15) is 6.61 Å². The van der Waals surface area contributed by atoms with Crippen molar-refractivity contribution >= 4 is 11.3 Å². The number of nitrogens with zero attached hydrogens (tertiary/aromatic N) is 1. The van der Waals surface area contributed by atoms with Crippen LogP contribution in [0.25, 0.3) is 0 Å². The summed E-state index contributed by atoms with van der Waals surface area (Å²) < 4.78 is 6.10. The quantitative estimate of drug-likeness (QED) is 0.850. The van der Waals surface area contributed by atoms with Crippen LogP contribution in [0.3, 0.4) is 0 Å². The van der Waals surface area contributed by atoms with Crippen molar-refractivity contribution in [3.05, 3.63) is 21.9 Å². The Kier molecular flexibility index (Phi) is 4.55. The lowest BCUT2D eigenvalue weighted by Gasteiger charge is -2.47. The third kappa shape index (κ3) is 4.32. The lowest BCUT2D eigenvalue weighted by Crippen LogP contribution is -2.56. The maximum absolute atomic E-state index is 8.72. The van der Waals surface area contributed by atoms with E-state index in [9.17, 15) is 0 Å². The summed E-state index contributed by atoms with van der Waals surface area (Å²) in [5.74, 6) is 5.65. The first kappa shape index (κ1) is 15.5. The van der Waals surface area contributed by atoms with Crippen LogP contribution < -0.4 is 0 Å². The van der Waals surface area contributed by atoms with E-state index in [-0.39, 0.29) is 17.8 Å². The summed E-state index contributed by atoms with van der Waals surface area (Å²) in [6.45, 7) is 11.3. The van der Waals surface area contributed by atoms with Crippen LogP contribution in [0, 0.1) is 11.8 Å². The molecule has 0 unspecified atom stereocenters. The molecule has 2 rings (SSSR count). The molecule has 0 aliphatic carbocycles. The average Bonchev–Trinajstić information content (AvgIpc) is 2.69. The van der Waals surface area contributed by atoms with Gasteiger partial charge < -0.3 is 9.84 Å². The van der Waals surface area contributed by atoms with Gasteiger partial charge in [0.15, 0.2) is 0 Å². The van der Waals surface area contributed by atoms with Gasteiger partial charge in [0.2, 0.25) is 0 Å². The van der Waals surface area contributed by atoms with Gasteiger partial charge in [-0.15, -0.1) is 11.3 Å². The second-order valence-electron chi connectivity index (χ2n) is 6.49. The van der Waals surface area contributed by atoms with E-state index in [1.54, 1.807) is 11.3 Å². The fourth-order valence-electron chi connectivity index (χ4n) is 2.93. The van der Waals surface area contributed by atoms with Crippen molar-refractivity contribution in [1.82, 2.24) is 4.90 Å². The van der Waals surface area contributed by atoms with Crippen LogP contribution in [0.1, 0.15) is 37.4 Å². The molecular formula is C16H23NO2S. The Hall–Kier alpha value is -0.860. The van der Waals surface area contributed by atoms with E-state index in [0.29, 0.717) is 0 Å². The van der Waals surface area contributed by atoms with Crippen molar-refractivity contribution in [3.8, 4) is 11.8 Å². The third-order valence-electron chi connectivity index (χ3n) is 3.09. The number of hydrogen-bond donors (Lipinski definition) is 1. The molecule has 4 heteroatoms. The van der Waals surface area contributed by atoms with Crippen LogP contribution >= 0.6 is 11.3 Å². The van der Waals surface area contributed by atoms with Gasteiger partial charge in [-0.1, -0.05) is 11.8 Å². The minimum atomic E-state index is -0.113. The molecule has 0 saturated carbocycles. The molecule has 0 radical (unpaired) electrons. The van der Waals surface area contributed by atoms with Gasteiger partial charge >= 0.3 is 0 Å². The molecule has 20 heavy (non-hydrogen) atoms. The molecule has 3 nitrogen and oxygen atoms in total. The number of rotatable bonds is 2. The first-order valence-corrected chi connectivity index (χ1v) is 7.72. The summed E-state index contributed by atoms with van der Waals surface area (Å²) >= 11 is 1.70. The standard InChI is InChI=1S/C16H23NO2S/c1-15(2)11-17(12-16(3,4)19-15)10-14-8-7-13(20-14)6-5-9-18/h7-8,18H,9-12H2,1-4H3. The Morgan fingerprint density at radius 1 is 1.25 bits per heavy atom. The highest BCUT2D eigenvalue weighted by molar-refractivity contribution is 7.12. The van der Waals surface area contributed by atoms with E-state index in [4.69, 9.17) is 9.84 Å². The number of aliphatic hydroxyl groups excluding tert-OH is 1. The second-order valence-corrected chi connectivity index (χ2v) is 7.66. The maximum atomic E-state index is 8.72. The molecule has 0 atom stereocenters. The molecule has 1 aromatic heterocycles. The highest BCUT2D eigenvalue weighted by Crippen LogP contribution is 2.29. The maximum Gasteiger partial charge on any atom is 0.104 e. The average molecular weight is 293 g/mol. The summed E-state index contributed by atoms with van der Waals surface area (Å²) in [6, 6.07) is 4.15. The molecular weight excluding hydrogens is 270 g/mol. The van der Waals surface area contributed by atoms with Crippen molar-refractivity contribution in [2.45, 2.75) is 45.4 Å². The Bertz CT molecular complexity index is 506. The Morgan fingerprint density at radius 2 is 1.90 bits per heavy atom. The molecule has 1 N–H and O–H groups in total. The summed E-state index contributed by atoms with van der Waals surface area (Å²) in [7, 11) is 0. The van der Waals surface area contributed by atoms with Gasteiger partial charge in [0, 0.05) is 24.5 Å². The summed E-state index contributed by atoms with van der Waals surface area (Å²) in [5, 5.41) is 8.72. The lowest BCUT2D eigenvalue weighted by molar-refractivity contribution is -0.182. The van der Waals surface area contributed by atoms with Crippen LogP contribution in [-0.4, -0.2) is 40.9 Å². The zero-order chi connectivity index (χ0) is 14.8. The number of hydrogen-bond acceptors (Lipinski definition) is 4. The molecule has 1 aliphatic rings. The highest BCUT2D eigenvalue weighted by Gasteiger charge is 2.37.